The van der Waals surface area contributed by atoms with Gasteiger partial charge in [-0.2, -0.15) is 0 Å². The normalized spacial score (nSPS) is 10.8. The molecule has 0 aliphatic carbocycles. The molecule has 0 bridgehead atoms. The van der Waals surface area contributed by atoms with Crippen LogP contribution in [-0.2, 0) is 23.7 Å². The Balaban J connectivity index is 1.83. The highest BCUT2D eigenvalue weighted by atomic mass is 16.6. The van der Waals surface area contributed by atoms with Crippen molar-refractivity contribution in [3.8, 4) is 0 Å². The van der Waals surface area contributed by atoms with E-state index in [0.29, 0.717) is 26.4 Å². The lowest BCUT2D eigenvalue weighted by Gasteiger charge is -2.12. The highest BCUT2D eigenvalue weighted by Crippen LogP contribution is 1.93. The van der Waals surface area contributed by atoms with Crippen molar-refractivity contribution in [1.29, 1.82) is 0 Å². The lowest BCUT2D eigenvalue weighted by Crippen LogP contribution is -2.23. The molecule has 1 amide bonds. The first-order valence-corrected chi connectivity index (χ1v) is 8.55. The maximum atomic E-state index is 11.5. The van der Waals surface area contributed by atoms with E-state index in [1.54, 1.807) is 7.05 Å². The Morgan fingerprint density at radius 3 is 2.14 bits per heavy atom. The summed E-state index contributed by atoms with van der Waals surface area (Å²) in [5.41, 5.74) is 0. The standard InChI is InChI=1S/C17H26N4O7/c1-18-3-5-20(2)16(22)27-13-11-25-9-7-24-8-10-26-12-14-28-17(23)21-6-4-19-15-21/h3-6,15H,1,7-14H2,2H3/b5-3-. The van der Waals surface area contributed by atoms with Crippen LogP contribution in [0.15, 0.2) is 36.1 Å². The lowest BCUT2D eigenvalue weighted by molar-refractivity contribution is -0.00156. The number of nitrogens with zero attached hydrogens (tertiary/aromatic N) is 4. The Morgan fingerprint density at radius 2 is 1.61 bits per heavy atom. The third kappa shape index (κ3) is 11.1. The largest absolute Gasteiger partial charge is 0.447 e. The minimum absolute atomic E-state index is 0.138. The van der Waals surface area contributed by atoms with Crippen LogP contribution in [0.4, 0.5) is 9.59 Å². The number of aromatic nitrogens is 2. The van der Waals surface area contributed by atoms with Gasteiger partial charge in [0.2, 0.25) is 0 Å². The minimum atomic E-state index is -0.507. The molecule has 28 heavy (non-hydrogen) atoms. The van der Waals surface area contributed by atoms with Gasteiger partial charge in [-0.05, 0) is 6.72 Å². The first-order chi connectivity index (χ1) is 13.6. The van der Waals surface area contributed by atoms with Crippen molar-refractivity contribution >= 4 is 18.9 Å². The average molecular weight is 398 g/mol. The summed E-state index contributed by atoms with van der Waals surface area (Å²) in [7, 11) is 1.55. The van der Waals surface area contributed by atoms with Gasteiger partial charge in [-0.25, -0.2) is 19.1 Å². The quantitative estimate of drug-likeness (QED) is 0.339. The molecule has 11 nitrogen and oxygen atoms in total. The Labute approximate surface area is 163 Å². The molecule has 0 aliphatic rings. The van der Waals surface area contributed by atoms with Crippen molar-refractivity contribution in [3.05, 3.63) is 31.1 Å². The molecule has 1 aromatic heterocycles. The molecule has 0 radical (unpaired) electrons. The summed E-state index contributed by atoms with van der Waals surface area (Å²) in [5.74, 6) is 0. The fourth-order valence-electron chi connectivity index (χ4n) is 1.67. The summed E-state index contributed by atoms with van der Waals surface area (Å²) < 4.78 is 27.0. The van der Waals surface area contributed by atoms with Crippen molar-refractivity contribution in [2.24, 2.45) is 4.99 Å². The molecule has 0 saturated carbocycles. The summed E-state index contributed by atoms with van der Waals surface area (Å²) in [4.78, 5) is 31.4. The molecular formula is C17H26N4O7. The number of hydrogen-bond acceptors (Lipinski definition) is 9. The average Bonchev–Trinajstić information content (AvgIpc) is 3.24. The summed E-state index contributed by atoms with van der Waals surface area (Å²) in [6.45, 7) is 5.62. The smallest absolute Gasteiger partial charge is 0.419 e. The van der Waals surface area contributed by atoms with Gasteiger partial charge in [-0.1, -0.05) is 0 Å². The van der Waals surface area contributed by atoms with Crippen molar-refractivity contribution < 1.29 is 33.3 Å². The number of aliphatic imine (C=N–C) groups is 1. The van der Waals surface area contributed by atoms with Crippen molar-refractivity contribution in [1.82, 2.24) is 14.5 Å². The molecule has 11 heteroatoms. The highest BCUT2D eigenvalue weighted by molar-refractivity contribution is 5.69. The molecule has 0 N–H and O–H groups in total. The van der Waals surface area contributed by atoms with Crippen LogP contribution in [0.2, 0.25) is 0 Å². The van der Waals surface area contributed by atoms with Gasteiger partial charge in [0.15, 0.2) is 0 Å². The zero-order valence-electron chi connectivity index (χ0n) is 15.9. The maximum absolute atomic E-state index is 11.5. The predicted octanol–water partition coefficient (Wildman–Crippen LogP) is 1.16. The van der Waals surface area contributed by atoms with E-state index in [1.165, 1.54) is 40.6 Å². The van der Waals surface area contributed by atoms with Crippen LogP contribution in [-0.4, -0.2) is 93.3 Å². The second-order valence-electron chi connectivity index (χ2n) is 5.13. The number of carbonyl (C=O) groups excluding carboxylic acids is 2. The Morgan fingerprint density at radius 1 is 1.04 bits per heavy atom. The molecule has 1 aromatic rings. The van der Waals surface area contributed by atoms with Crippen LogP contribution >= 0.6 is 0 Å². The number of imidazole rings is 1. The molecule has 156 valence electrons. The Hall–Kier alpha value is -2.76. The second-order valence-corrected chi connectivity index (χ2v) is 5.13. The molecule has 0 spiro atoms. The summed E-state index contributed by atoms with van der Waals surface area (Å²) in [6.07, 6.45) is 6.17. The number of rotatable bonds is 14. The fourth-order valence-corrected chi connectivity index (χ4v) is 1.67. The van der Waals surface area contributed by atoms with Gasteiger partial charge in [0.25, 0.3) is 0 Å². The molecule has 0 aliphatic heterocycles. The van der Waals surface area contributed by atoms with Gasteiger partial charge in [0, 0.05) is 31.8 Å². The molecule has 0 unspecified atom stereocenters. The number of ether oxygens (including phenoxy) is 5. The van der Waals surface area contributed by atoms with Gasteiger partial charge in [-0.3, -0.25) is 9.89 Å². The van der Waals surface area contributed by atoms with E-state index in [0.717, 1.165) is 0 Å². The first kappa shape index (κ1) is 23.3. The van der Waals surface area contributed by atoms with E-state index in [-0.39, 0.29) is 26.4 Å². The third-order valence-corrected chi connectivity index (χ3v) is 3.05. The van der Waals surface area contributed by atoms with E-state index >= 15 is 0 Å². The molecule has 1 rings (SSSR count). The summed E-state index contributed by atoms with van der Waals surface area (Å²) in [5, 5.41) is 0. The van der Waals surface area contributed by atoms with E-state index in [1.807, 2.05) is 0 Å². The molecule has 0 aromatic carbocycles. The maximum Gasteiger partial charge on any atom is 0.419 e. The highest BCUT2D eigenvalue weighted by Gasteiger charge is 2.06. The molecule has 1 heterocycles. The van der Waals surface area contributed by atoms with E-state index in [2.05, 4.69) is 16.7 Å². The van der Waals surface area contributed by atoms with Crippen LogP contribution in [0, 0.1) is 0 Å². The van der Waals surface area contributed by atoms with Gasteiger partial charge >= 0.3 is 12.2 Å². The summed E-state index contributed by atoms with van der Waals surface area (Å²) >= 11 is 0. The Kier molecular flexibility index (Phi) is 12.7. The van der Waals surface area contributed by atoms with Crippen LogP contribution in [0.5, 0.6) is 0 Å². The monoisotopic (exact) mass is 398 g/mol. The van der Waals surface area contributed by atoms with E-state index in [9.17, 15) is 9.59 Å². The van der Waals surface area contributed by atoms with Gasteiger partial charge in [0.05, 0.1) is 39.6 Å². The van der Waals surface area contributed by atoms with Crippen LogP contribution in [0.1, 0.15) is 0 Å². The first-order valence-electron chi connectivity index (χ1n) is 8.55. The topological polar surface area (TPSA) is 114 Å². The van der Waals surface area contributed by atoms with Crippen LogP contribution in [0.3, 0.4) is 0 Å². The lowest BCUT2D eigenvalue weighted by atomic mass is 10.7. The van der Waals surface area contributed by atoms with Crippen molar-refractivity contribution in [2.45, 2.75) is 0 Å². The van der Waals surface area contributed by atoms with E-state index < -0.39 is 12.2 Å². The van der Waals surface area contributed by atoms with E-state index in [4.69, 9.17) is 23.7 Å². The molecule has 0 fully saturated rings. The van der Waals surface area contributed by atoms with Crippen LogP contribution in [0.25, 0.3) is 0 Å². The van der Waals surface area contributed by atoms with Crippen molar-refractivity contribution in [3.63, 3.8) is 0 Å². The predicted molar refractivity (Wildman–Crippen MR) is 99.2 cm³/mol. The number of amides is 1. The fraction of sp³-hybridized carbons (Fsp3) is 0.529. The number of carbonyl (C=O) groups is 2. The van der Waals surface area contributed by atoms with Crippen molar-refractivity contribution in [2.75, 3.05) is 59.9 Å². The van der Waals surface area contributed by atoms with Gasteiger partial charge in [0.1, 0.15) is 19.5 Å². The third-order valence-electron chi connectivity index (χ3n) is 3.05. The number of hydrogen-bond donors (Lipinski definition) is 0. The Bertz CT molecular complexity index is 592. The minimum Gasteiger partial charge on any atom is -0.447 e. The molecular weight excluding hydrogens is 372 g/mol. The zero-order chi connectivity index (χ0) is 20.5. The molecule has 0 saturated heterocycles. The molecule has 0 atom stereocenters. The van der Waals surface area contributed by atoms with Gasteiger partial charge in [-0.15, -0.1) is 0 Å². The summed E-state index contributed by atoms with van der Waals surface area (Å²) in [6, 6.07) is 0. The van der Waals surface area contributed by atoms with Gasteiger partial charge < -0.3 is 23.7 Å². The second kappa shape index (κ2) is 15.3. The zero-order valence-corrected chi connectivity index (χ0v) is 15.9. The SMILES string of the molecule is C=N/C=C\N(C)C(=O)OCCOCCOCCOCCOC(=O)n1ccnc1. The van der Waals surface area contributed by atoms with Crippen LogP contribution < -0.4 is 0 Å².